The highest BCUT2D eigenvalue weighted by Gasteiger charge is 2.26. The van der Waals surface area contributed by atoms with Gasteiger partial charge in [-0.15, -0.1) is 0 Å². The molecule has 0 radical (unpaired) electrons. The van der Waals surface area contributed by atoms with E-state index in [0.29, 0.717) is 32.1 Å². The lowest BCUT2D eigenvalue weighted by molar-refractivity contribution is -0.122. The number of ether oxygens (including phenoxy) is 2. The van der Waals surface area contributed by atoms with Crippen molar-refractivity contribution in [2.24, 2.45) is 11.5 Å². The van der Waals surface area contributed by atoms with Crippen LogP contribution in [0.1, 0.15) is 0 Å². The van der Waals surface area contributed by atoms with Crippen LogP contribution in [0.5, 0.6) is 5.75 Å². The van der Waals surface area contributed by atoms with Crippen molar-refractivity contribution in [1.29, 1.82) is 0 Å². The number of carbonyl (C=O) groups is 2. The summed E-state index contributed by atoms with van der Waals surface area (Å²) in [7, 11) is -3.55. The summed E-state index contributed by atoms with van der Waals surface area (Å²) in [5.41, 5.74) is 10.3. The Bertz CT molecular complexity index is 731. The van der Waals surface area contributed by atoms with Crippen molar-refractivity contribution >= 4 is 21.8 Å². The largest absolute Gasteiger partial charge is 0.492 e. The molecular weight excluding hydrogens is 376 g/mol. The average Bonchev–Trinajstić information content (AvgIpc) is 2.62. The minimum absolute atomic E-state index is 0.108. The van der Waals surface area contributed by atoms with E-state index in [1.54, 1.807) is 12.1 Å². The molecule has 150 valence electrons. The molecule has 10 nitrogen and oxygen atoms in total. The van der Waals surface area contributed by atoms with Crippen LogP contribution < -0.4 is 16.2 Å². The quantitative estimate of drug-likeness (QED) is 0.479. The van der Waals surface area contributed by atoms with Crippen LogP contribution in [0.4, 0.5) is 0 Å². The molecule has 2 rings (SSSR count). The lowest BCUT2D eigenvalue weighted by Crippen LogP contribution is -2.41. The Morgan fingerprint density at radius 3 is 2.15 bits per heavy atom. The fourth-order valence-corrected chi connectivity index (χ4v) is 4.00. The molecule has 1 saturated heterocycles. The fourth-order valence-electron chi connectivity index (χ4n) is 2.59. The van der Waals surface area contributed by atoms with E-state index in [-0.39, 0.29) is 31.1 Å². The summed E-state index contributed by atoms with van der Waals surface area (Å²) in [4.78, 5) is 23.7. The number of amides is 2. The summed E-state index contributed by atoms with van der Waals surface area (Å²) >= 11 is 0. The molecule has 0 aliphatic carbocycles. The first-order valence-corrected chi connectivity index (χ1v) is 9.83. The average molecular weight is 400 g/mol. The van der Waals surface area contributed by atoms with Gasteiger partial charge in [0.2, 0.25) is 21.8 Å². The summed E-state index contributed by atoms with van der Waals surface area (Å²) < 4.78 is 37.2. The maximum Gasteiger partial charge on any atom is 0.243 e. The normalized spacial score (nSPS) is 15.6. The lowest BCUT2D eigenvalue weighted by atomic mass is 10.3. The zero-order valence-corrected chi connectivity index (χ0v) is 15.7. The first-order valence-electron chi connectivity index (χ1n) is 8.39. The second-order valence-electron chi connectivity index (χ2n) is 5.98. The molecule has 0 unspecified atom stereocenters. The number of hydrogen-bond acceptors (Lipinski definition) is 7. The Balaban J connectivity index is 1.91. The predicted octanol–water partition coefficient (Wildman–Crippen LogP) is -1.64. The van der Waals surface area contributed by atoms with E-state index in [1.165, 1.54) is 21.3 Å². The highest BCUT2D eigenvalue weighted by Crippen LogP contribution is 2.20. The van der Waals surface area contributed by atoms with Gasteiger partial charge in [0, 0.05) is 19.6 Å². The molecule has 1 aliphatic heterocycles. The Morgan fingerprint density at radius 1 is 1.07 bits per heavy atom. The van der Waals surface area contributed by atoms with E-state index >= 15 is 0 Å². The van der Waals surface area contributed by atoms with Gasteiger partial charge in [0.05, 0.1) is 31.2 Å². The van der Waals surface area contributed by atoms with Crippen molar-refractivity contribution in [3.8, 4) is 5.75 Å². The van der Waals surface area contributed by atoms with Crippen molar-refractivity contribution in [1.82, 2.24) is 9.21 Å². The van der Waals surface area contributed by atoms with Crippen LogP contribution in [-0.4, -0.2) is 82.0 Å². The van der Waals surface area contributed by atoms with E-state index in [9.17, 15) is 18.0 Å². The standard InChI is InChI=1S/C16H24N4O6S/c17-15(21)11-19(12-16(18)22)5-10-26-13-1-3-14(4-2-13)27(23,24)20-6-8-25-9-7-20/h1-4H,5-12H2,(H2,17,21)(H2,18,22). The Morgan fingerprint density at radius 2 is 1.63 bits per heavy atom. The molecule has 11 heteroatoms. The number of nitrogens with zero attached hydrogens (tertiary/aromatic N) is 2. The van der Waals surface area contributed by atoms with Gasteiger partial charge in [0.15, 0.2) is 0 Å². The number of sulfonamides is 1. The number of rotatable bonds is 10. The third-order valence-corrected chi connectivity index (χ3v) is 5.78. The second kappa shape index (κ2) is 9.65. The van der Waals surface area contributed by atoms with Crippen molar-refractivity contribution in [2.75, 3.05) is 52.5 Å². The molecule has 0 aromatic heterocycles. The molecule has 0 atom stereocenters. The van der Waals surface area contributed by atoms with Crippen LogP contribution in [-0.2, 0) is 24.3 Å². The third kappa shape index (κ3) is 6.47. The van der Waals surface area contributed by atoms with Gasteiger partial charge in [-0.3, -0.25) is 14.5 Å². The van der Waals surface area contributed by atoms with E-state index in [1.807, 2.05) is 0 Å². The van der Waals surface area contributed by atoms with Gasteiger partial charge in [0.1, 0.15) is 12.4 Å². The van der Waals surface area contributed by atoms with Gasteiger partial charge in [-0.2, -0.15) is 4.31 Å². The Kier molecular flexibility index (Phi) is 7.54. The van der Waals surface area contributed by atoms with Crippen molar-refractivity contribution < 1.29 is 27.5 Å². The summed E-state index contributed by atoms with van der Waals surface area (Å²) in [6, 6.07) is 6.06. The molecule has 1 fully saturated rings. The molecule has 1 aliphatic rings. The van der Waals surface area contributed by atoms with Crippen LogP contribution in [0.2, 0.25) is 0 Å². The van der Waals surface area contributed by atoms with E-state index < -0.39 is 21.8 Å². The van der Waals surface area contributed by atoms with Crippen LogP contribution in [0.25, 0.3) is 0 Å². The molecular formula is C16H24N4O6S. The highest BCUT2D eigenvalue weighted by atomic mass is 32.2. The number of morpholine rings is 1. The topological polar surface area (TPSA) is 145 Å². The Hall–Kier alpha value is -2.21. The minimum Gasteiger partial charge on any atom is -0.492 e. The molecule has 1 aromatic rings. The first kappa shape index (κ1) is 21.1. The van der Waals surface area contributed by atoms with Crippen LogP contribution in [0.15, 0.2) is 29.2 Å². The monoisotopic (exact) mass is 400 g/mol. The van der Waals surface area contributed by atoms with Crippen molar-refractivity contribution in [3.05, 3.63) is 24.3 Å². The van der Waals surface area contributed by atoms with Gasteiger partial charge < -0.3 is 20.9 Å². The number of primary amides is 2. The molecule has 27 heavy (non-hydrogen) atoms. The summed E-state index contributed by atoms with van der Waals surface area (Å²) in [5, 5.41) is 0. The van der Waals surface area contributed by atoms with Crippen LogP contribution in [0.3, 0.4) is 0 Å². The van der Waals surface area contributed by atoms with E-state index in [2.05, 4.69) is 0 Å². The lowest BCUT2D eigenvalue weighted by Gasteiger charge is -2.26. The first-order chi connectivity index (χ1) is 12.8. The summed E-state index contributed by atoms with van der Waals surface area (Å²) in [5.74, 6) is -0.683. The molecule has 4 N–H and O–H groups in total. The third-order valence-electron chi connectivity index (χ3n) is 3.87. The molecule has 0 bridgehead atoms. The van der Waals surface area contributed by atoms with Gasteiger partial charge in [0.25, 0.3) is 0 Å². The molecule has 0 spiro atoms. The molecule has 1 heterocycles. The zero-order valence-electron chi connectivity index (χ0n) is 14.9. The predicted molar refractivity (Wildman–Crippen MR) is 96.3 cm³/mol. The zero-order chi connectivity index (χ0) is 19.9. The van der Waals surface area contributed by atoms with Gasteiger partial charge in [-0.05, 0) is 24.3 Å². The van der Waals surface area contributed by atoms with Crippen LogP contribution >= 0.6 is 0 Å². The maximum atomic E-state index is 12.5. The van der Waals surface area contributed by atoms with E-state index in [0.717, 1.165) is 0 Å². The van der Waals surface area contributed by atoms with Crippen molar-refractivity contribution in [3.63, 3.8) is 0 Å². The van der Waals surface area contributed by atoms with Crippen molar-refractivity contribution in [2.45, 2.75) is 4.90 Å². The minimum atomic E-state index is -3.55. The highest BCUT2D eigenvalue weighted by molar-refractivity contribution is 7.89. The molecule has 1 aromatic carbocycles. The molecule has 2 amide bonds. The maximum absolute atomic E-state index is 12.5. The van der Waals surface area contributed by atoms with Gasteiger partial charge in [-0.25, -0.2) is 8.42 Å². The van der Waals surface area contributed by atoms with Gasteiger partial charge >= 0.3 is 0 Å². The Labute approximate surface area is 158 Å². The smallest absolute Gasteiger partial charge is 0.243 e. The SMILES string of the molecule is NC(=O)CN(CCOc1ccc(S(=O)(=O)N2CCOCC2)cc1)CC(N)=O. The number of nitrogens with two attached hydrogens (primary N) is 2. The van der Waals surface area contributed by atoms with Crippen LogP contribution in [0, 0.1) is 0 Å². The second-order valence-corrected chi connectivity index (χ2v) is 7.92. The number of carbonyl (C=O) groups excluding carboxylic acids is 2. The summed E-state index contributed by atoms with van der Waals surface area (Å²) in [6.07, 6.45) is 0. The summed E-state index contributed by atoms with van der Waals surface area (Å²) in [6.45, 7) is 1.65. The fraction of sp³-hybridized carbons (Fsp3) is 0.500. The number of hydrogen-bond donors (Lipinski definition) is 2. The molecule has 0 saturated carbocycles. The van der Waals surface area contributed by atoms with E-state index in [4.69, 9.17) is 20.9 Å². The number of benzene rings is 1. The van der Waals surface area contributed by atoms with Gasteiger partial charge in [-0.1, -0.05) is 0 Å².